The number of nitrogens with zero attached hydrogens (tertiary/aromatic N) is 1. The van der Waals surface area contributed by atoms with Gasteiger partial charge in [-0.15, -0.1) is 0 Å². The maximum atomic E-state index is 12.8. The SMILES string of the molecule is CC(=NNS(=O)(=O)c1ccc(C)cc1)[C@H]1CC[C@H]2[C@@H]3CC=C4CC(O)CC[C@]4(C)[C@H]3CC[C@]12C. The van der Waals surface area contributed by atoms with Gasteiger partial charge in [0.2, 0.25) is 0 Å². The summed E-state index contributed by atoms with van der Waals surface area (Å²) in [7, 11) is -3.66. The van der Waals surface area contributed by atoms with E-state index in [0.29, 0.717) is 23.7 Å². The fourth-order valence-electron chi connectivity index (χ4n) is 8.31. The first-order chi connectivity index (χ1) is 16.0. The Balaban J connectivity index is 1.34. The molecule has 2 N–H and O–H groups in total. The first-order valence-electron chi connectivity index (χ1n) is 13.0. The molecule has 186 valence electrons. The van der Waals surface area contributed by atoms with Gasteiger partial charge in [-0.3, -0.25) is 0 Å². The third kappa shape index (κ3) is 3.85. The van der Waals surface area contributed by atoms with E-state index in [1.165, 1.54) is 24.8 Å². The molecule has 0 aliphatic heterocycles. The Morgan fingerprint density at radius 3 is 2.53 bits per heavy atom. The number of hydrogen-bond acceptors (Lipinski definition) is 4. The van der Waals surface area contributed by atoms with E-state index in [2.05, 4.69) is 29.9 Å². The van der Waals surface area contributed by atoms with Crippen molar-refractivity contribution in [2.45, 2.75) is 90.1 Å². The average Bonchev–Trinajstić information content (AvgIpc) is 3.15. The Hall–Kier alpha value is -1.66. The number of aryl methyl sites for hydroxylation is 1. The van der Waals surface area contributed by atoms with E-state index in [9.17, 15) is 13.5 Å². The van der Waals surface area contributed by atoms with Crippen molar-refractivity contribution in [3.05, 3.63) is 41.5 Å². The molecule has 0 saturated heterocycles. The number of aliphatic hydroxyl groups excluding tert-OH is 1. The number of benzene rings is 1. The highest BCUT2D eigenvalue weighted by Gasteiger charge is 2.59. The van der Waals surface area contributed by atoms with Gasteiger partial charge < -0.3 is 5.11 Å². The second-order valence-corrected chi connectivity index (χ2v) is 13.7. The van der Waals surface area contributed by atoms with Crippen LogP contribution in [0.5, 0.6) is 0 Å². The molecule has 3 saturated carbocycles. The van der Waals surface area contributed by atoms with Gasteiger partial charge in [-0.2, -0.15) is 13.5 Å². The van der Waals surface area contributed by atoms with E-state index >= 15 is 0 Å². The summed E-state index contributed by atoms with van der Waals surface area (Å²) in [5.74, 6) is 2.35. The summed E-state index contributed by atoms with van der Waals surface area (Å²) in [4.78, 5) is 2.77. The van der Waals surface area contributed by atoms with Gasteiger partial charge in [0.1, 0.15) is 0 Å². The van der Waals surface area contributed by atoms with Crippen molar-refractivity contribution in [2.24, 2.45) is 39.6 Å². The van der Waals surface area contributed by atoms with Crippen LogP contribution < -0.4 is 4.83 Å². The van der Waals surface area contributed by atoms with Crippen molar-refractivity contribution in [1.29, 1.82) is 0 Å². The zero-order valence-corrected chi connectivity index (χ0v) is 21.9. The second kappa shape index (κ2) is 8.48. The minimum atomic E-state index is -3.66. The van der Waals surface area contributed by atoms with Gasteiger partial charge in [0.05, 0.1) is 11.0 Å². The lowest BCUT2D eigenvalue weighted by Gasteiger charge is -2.58. The molecule has 5 nitrogen and oxygen atoms in total. The van der Waals surface area contributed by atoms with Crippen LogP contribution in [0.4, 0.5) is 0 Å². The molecule has 1 aromatic carbocycles. The molecule has 1 aromatic rings. The molecule has 7 atom stereocenters. The minimum absolute atomic E-state index is 0.164. The normalized spacial score (nSPS) is 40.1. The molecule has 1 unspecified atom stereocenters. The molecule has 34 heavy (non-hydrogen) atoms. The highest BCUT2D eigenvalue weighted by atomic mass is 32.2. The summed E-state index contributed by atoms with van der Waals surface area (Å²) in [5.41, 5.74) is 3.86. The number of hydrazone groups is 1. The van der Waals surface area contributed by atoms with E-state index in [-0.39, 0.29) is 21.8 Å². The molecule has 3 fully saturated rings. The molecule has 0 amide bonds. The predicted molar refractivity (Wildman–Crippen MR) is 136 cm³/mol. The van der Waals surface area contributed by atoms with Crippen molar-refractivity contribution < 1.29 is 13.5 Å². The summed E-state index contributed by atoms with van der Waals surface area (Å²) in [5, 5.41) is 14.7. The topological polar surface area (TPSA) is 78.8 Å². The Labute approximate surface area is 205 Å². The van der Waals surface area contributed by atoms with E-state index in [1.54, 1.807) is 12.1 Å². The van der Waals surface area contributed by atoms with Crippen molar-refractivity contribution in [3.8, 4) is 0 Å². The van der Waals surface area contributed by atoms with Crippen molar-refractivity contribution in [1.82, 2.24) is 4.83 Å². The second-order valence-electron chi connectivity index (χ2n) is 12.0. The average molecular weight is 485 g/mol. The molecule has 5 rings (SSSR count). The highest BCUT2D eigenvalue weighted by molar-refractivity contribution is 7.89. The molecule has 4 aliphatic carbocycles. The highest BCUT2D eigenvalue weighted by Crippen LogP contribution is 2.66. The van der Waals surface area contributed by atoms with Crippen LogP contribution in [-0.2, 0) is 10.0 Å². The molecule has 4 aliphatic rings. The van der Waals surface area contributed by atoms with Crippen LogP contribution in [0.15, 0.2) is 45.9 Å². The third-order valence-electron chi connectivity index (χ3n) is 10.3. The van der Waals surface area contributed by atoms with Crippen LogP contribution in [0.1, 0.15) is 77.7 Å². The van der Waals surface area contributed by atoms with Crippen molar-refractivity contribution in [3.63, 3.8) is 0 Å². The lowest BCUT2D eigenvalue weighted by atomic mass is 9.47. The number of aliphatic hydroxyl groups is 1. The van der Waals surface area contributed by atoms with E-state index in [4.69, 9.17) is 0 Å². The standard InChI is InChI=1S/C28H40N2O3S/c1-18-5-8-22(9-6-18)34(32,33)30-29-19(2)24-11-12-25-23-10-7-20-17-21(31)13-15-27(20,3)26(23)14-16-28(24,25)4/h5-9,21,23-26,30-31H,10-17H2,1-4H3/t21?,23-,24+,25-,26-,27-,28+/m0/s1. The number of hydrogen-bond donors (Lipinski definition) is 2. The van der Waals surface area contributed by atoms with Gasteiger partial charge >= 0.3 is 0 Å². The summed E-state index contributed by atoms with van der Waals surface area (Å²) in [6.45, 7) is 8.85. The lowest BCUT2D eigenvalue weighted by molar-refractivity contribution is -0.0423. The van der Waals surface area contributed by atoms with Gasteiger partial charge in [-0.1, -0.05) is 43.2 Å². The molecule has 0 heterocycles. The Morgan fingerprint density at radius 1 is 1.06 bits per heavy atom. The maximum absolute atomic E-state index is 12.8. The predicted octanol–water partition coefficient (Wildman–Crippen LogP) is 5.59. The van der Waals surface area contributed by atoms with Gasteiger partial charge in [0, 0.05) is 11.6 Å². The number of rotatable bonds is 4. The summed E-state index contributed by atoms with van der Waals surface area (Å²) in [6, 6.07) is 6.88. The van der Waals surface area contributed by atoms with Gasteiger partial charge in [0.25, 0.3) is 10.0 Å². The molecule has 0 radical (unpaired) electrons. The minimum Gasteiger partial charge on any atom is -0.393 e. The van der Waals surface area contributed by atoms with Crippen molar-refractivity contribution >= 4 is 15.7 Å². The van der Waals surface area contributed by atoms with Gasteiger partial charge in [-0.25, -0.2) is 4.83 Å². The zero-order chi connectivity index (χ0) is 24.3. The summed E-state index contributed by atoms with van der Waals surface area (Å²) in [6.07, 6.45) is 11.0. The zero-order valence-electron chi connectivity index (χ0n) is 21.0. The molecule has 6 heteroatoms. The Morgan fingerprint density at radius 2 is 1.79 bits per heavy atom. The summed E-state index contributed by atoms with van der Waals surface area (Å²) >= 11 is 0. The molecule has 0 spiro atoms. The molecular weight excluding hydrogens is 444 g/mol. The van der Waals surface area contributed by atoms with Crippen LogP contribution in [0.3, 0.4) is 0 Å². The van der Waals surface area contributed by atoms with Crippen LogP contribution >= 0.6 is 0 Å². The van der Waals surface area contributed by atoms with Crippen LogP contribution in [0.25, 0.3) is 0 Å². The number of nitrogens with one attached hydrogen (secondary N) is 1. The number of fused-ring (bicyclic) bond motifs is 5. The molecule has 0 bridgehead atoms. The largest absolute Gasteiger partial charge is 0.393 e. The van der Waals surface area contributed by atoms with Crippen LogP contribution in [0.2, 0.25) is 0 Å². The molecular formula is C28H40N2O3S. The smallest absolute Gasteiger partial charge is 0.276 e. The van der Waals surface area contributed by atoms with E-state index in [0.717, 1.165) is 43.4 Å². The number of allylic oxidation sites excluding steroid dienone is 1. The number of sulfonamides is 1. The quantitative estimate of drug-likeness (QED) is 0.332. The van der Waals surface area contributed by atoms with E-state index in [1.807, 2.05) is 26.0 Å². The van der Waals surface area contributed by atoms with Crippen LogP contribution in [0, 0.1) is 41.4 Å². The van der Waals surface area contributed by atoms with Crippen molar-refractivity contribution in [2.75, 3.05) is 0 Å². The van der Waals surface area contributed by atoms with E-state index < -0.39 is 10.0 Å². The van der Waals surface area contributed by atoms with Crippen LogP contribution in [-0.4, -0.2) is 25.3 Å². The van der Waals surface area contributed by atoms with Gasteiger partial charge in [-0.05, 0) is 106 Å². The van der Waals surface area contributed by atoms with Gasteiger partial charge in [0.15, 0.2) is 0 Å². The fraction of sp³-hybridized carbons (Fsp3) is 0.679. The lowest BCUT2D eigenvalue weighted by Crippen LogP contribution is -2.51. The first-order valence-corrected chi connectivity index (χ1v) is 14.5. The molecule has 0 aromatic heterocycles. The monoisotopic (exact) mass is 484 g/mol. The Bertz CT molecular complexity index is 1110. The third-order valence-corrected chi connectivity index (χ3v) is 11.5. The fourth-order valence-corrected chi connectivity index (χ4v) is 9.17. The maximum Gasteiger partial charge on any atom is 0.276 e. The summed E-state index contributed by atoms with van der Waals surface area (Å²) < 4.78 is 25.5. The first kappa shape index (κ1) is 24.1. The Kier molecular flexibility index (Phi) is 6.00.